The van der Waals surface area contributed by atoms with Crippen molar-refractivity contribution in [1.82, 2.24) is 4.90 Å². The summed E-state index contributed by atoms with van der Waals surface area (Å²) in [5.74, 6) is -2.02. The largest absolute Gasteiger partial charge is 0.481 e. The Hall–Kier alpha value is -2.74. The Labute approximate surface area is 150 Å². The number of hydrogen-bond donors (Lipinski definition) is 2. The Morgan fingerprint density at radius 3 is 2.65 bits per heavy atom. The molecule has 138 valence electrons. The first-order valence-corrected chi connectivity index (χ1v) is 8.59. The maximum absolute atomic E-state index is 12.6. The molecule has 0 radical (unpaired) electrons. The summed E-state index contributed by atoms with van der Waals surface area (Å²) >= 11 is 0. The zero-order valence-corrected chi connectivity index (χ0v) is 14.2. The Morgan fingerprint density at radius 1 is 1.19 bits per heavy atom. The van der Waals surface area contributed by atoms with Crippen molar-refractivity contribution in [3.8, 4) is 0 Å². The lowest BCUT2D eigenvalue weighted by Crippen LogP contribution is -2.36. The van der Waals surface area contributed by atoms with E-state index in [2.05, 4.69) is 5.32 Å². The number of benzene rings is 1. The second-order valence-corrected chi connectivity index (χ2v) is 6.41. The molecule has 2 aliphatic rings. The number of carbonyl (C=O) groups excluding carboxylic acids is 3. The lowest BCUT2D eigenvalue weighted by molar-refractivity contribution is -0.137. The average Bonchev–Trinajstić information content (AvgIpc) is 3.18. The highest BCUT2D eigenvalue weighted by Crippen LogP contribution is 2.27. The van der Waals surface area contributed by atoms with Crippen molar-refractivity contribution in [1.29, 1.82) is 0 Å². The van der Waals surface area contributed by atoms with Gasteiger partial charge in [0.05, 0.1) is 23.8 Å². The highest BCUT2D eigenvalue weighted by atomic mass is 16.5. The zero-order valence-electron chi connectivity index (χ0n) is 14.2. The minimum atomic E-state index is -0.953. The van der Waals surface area contributed by atoms with E-state index in [0.29, 0.717) is 17.9 Å². The number of ether oxygens (including phenoxy) is 1. The summed E-state index contributed by atoms with van der Waals surface area (Å²) < 4.78 is 5.50. The lowest BCUT2D eigenvalue weighted by Gasteiger charge is -2.17. The van der Waals surface area contributed by atoms with E-state index in [-0.39, 0.29) is 55.2 Å². The first-order valence-electron chi connectivity index (χ1n) is 8.59. The molecule has 1 unspecified atom stereocenters. The van der Waals surface area contributed by atoms with Crippen LogP contribution in [0.1, 0.15) is 52.8 Å². The number of carboxylic acids is 1. The van der Waals surface area contributed by atoms with Crippen molar-refractivity contribution in [2.24, 2.45) is 0 Å². The minimum Gasteiger partial charge on any atom is -0.481 e. The number of carboxylic acid groups (broad SMARTS) is 1. The molecule has 26 heavy (non-hydrogen) atoms. The number of amides is 3. The molecule has 2 N–H and O–H groups in total. The van der Waals surface area contributed by atoms with E-state index in [1.54, 1.807) is 6.07 Å². The van der Waals surface area contributed by atoms with Gasteiger partial charge in [-0.2, -0.15) is 0 Å². The summed E-state index contributed by atoms with van der Waals surface area (Å²) in [5, 5.41) is 11.2. The summed E-state index contributed by atoms with van der Waals surface area (Å²) in [6.45, 7) is 0.884. The molecule has 1 saturated heterocycles. The third kappa shape index (κ3) is 3.91. The van der Waals surface area contributed by atoms with Crippen molar-refractivity contribution in [3.63, 3.8) is 0 Å². The number of aliphatic carboxylic acids is 1. The molecule has 0 bridgehead atoms. The van der Waals surface area contributed by atoms with E-state index in [9.17, 15) is 19.2 Å². The fourth-order valence-electron chi connectivity index (χ4n) is 3.15. The van der Waals surface area contributed by atoms with Crippen LogP contribution in [0.4, 0.5) is 5.69 Å². The van der Waals surface area contributed by atoms with Gasteiger partial charge in [0.15, 0.2) is 0 Å². The van der Waals surface area contributed by atoms with Crippen LogP contribution in [0.5, 0.6) is 0 Å². The number of anilines is 1. The number of imide groups is 1. The van der Waals surface area contributed by atoms with Crippen LogP contribution in [0.25, 0.3) is 0 Å². The maximum atomic E-state index is 12.6. The lowest BCUT2D eigenvalue weighted by atomic mass is 10.1. The number of hydrogen-bond acceptors (Lipinski definition) is 5. The molecule has 1 atom stereocenters. The summed E-state index contributed by atoms with van der Waals surface area (Å²) in [6.07, 6.45) is 1.85. The van der Waals surface area contributed by atoms with Gasteiger partial charge in [-0.25, -0.2) is 0 Å². The molecule has 8 heteroatoms. The second kappa shape index (κ2) is 7.65. The Morgan fingerprint density at radius 2 is 1.96 bits per heavy atom. The molecule has 8 nitrogen and oxygen atoms in total. The third-order valence-electron chi connectivity index (χ3n) is 4.46. The van der Waals surface area contributed by atoms with Gasteiger partial charge in [0, 0.05) is 25.1 Å². The molecular weight excluding hydrogens is 340 g/mol. The second-order valence-electron chi connectivity index (χ2n) is 6.41. The SMILES string of the molecule is O=C(O)CCCC(=O)Nc1ccc2c(c1)C(=O)N(CC1CCCO1)C2=O. The molecule has 0 aromatic heterocycles. The fraction of sp³-hybridized carbons (Fsp3) is 0.444. The topological polar surface area (TPSA) is 113 Å². The fourth-order valence-corrected chi connectivity index (χ4v) is 3.15. The Kier molecular flexibility index (Phi) is 5.32. The van der Waals surface area contributed by atoms with E-state index < -0.39 is 5.97 Å². The summed E-state index contributed by atoms with van der Waals surface area (Å²) in [6, 6.07) is 4.58. The number of nitrogens with one attached hydrogen (secondary N) is 1. The normalized spacial score (nSPS) is 18.9. The first-order chi connectivity index (χ1) is 12.5. The van der Waals surface area contributed by atoms with Gasteiger partial charge in [-0.05, 0) is 37.5 Å². The molecule has 1 aromatic rings. The zero-order chi connectivity index (χ0) is 18.7. The summed E-state index contributed by atoms with van der Waals surface area (Å²) in [7, 11) is 0. The quantitative estimate of drug-likeness (QED) is 0.715. The van der Waals surface area contributed by atoms with Crippen molar-refractivity contribution < 1.29 is 29.0 Å². The van der Waals surface area contributed by atoms with E-state index in [4.69, 9.17) is 9.84 Å². The van der Waals surface area contributed by atoms with Gasteiger partial charge in [-0.3, -0.25) is 24.1 Å². The van der Waals surface area contributed by atoms with E-state index in [0.717, 1.165) is 12.8 Å². The van der Waals surface area contributed by atoms with Crippen LogP contribution in [0.2, 0.25) is 0 Å². The Bertz CT molecular complexity index is 754. The van der Waals surface area contributed by atoms with Gasteiger partial charge >= 0.3 is 5.97 Å². The van der Waals surface area contributed by atoms with Crippen LogP contribution in [-0.4, -0.2) is 53.0 Å². The van der Waals surface area contributed by atoms with Crippen LogP contribution < -0.4 is 5.32 Å². The smallest absolute Gasteiger partial charge is 0.303 e. The molecular formula is C18H20N2O6. The monoisotopic (exact) mass is 360 g/mol. The molecule has 0 spiro atoms. The van der Waals surface area contributed by atoms with E-state index in [1.165, 1.54) is 17.0 Å². The van der Waals surface area contributed by atoms with Crippen molar-refractivity contribution in [2.45, 2.75) is 38.2 Å². The number of nitrogens with zero attached hydrogens (tertiary/aromatic N) is 1. The molecule has 0 aliphatic carbocycles. The van der Waals surface area contributed by atoms with E-state index >= 15 is 0 Å². The maximum Gasteiger partial charge on any atom is 0.303 e. The molecule has 0 saturated carbocycles. The van der Waals surface area contributed by atoms with Gasteiger partial charge in [-0.15, -0.1) is 0 Å². The van der Waals surface area contributed by atoms with Crippen LogP contribution in [-0.2, 0) is 14.3 Å². The number of rotatable bonds is 7. The van der Waals surface area contributed by atoms with Crippen LogP contribution in [0.15, 0.2) is 18.2 Å². The standard InChI is InChI=1S/C18H20N2O6/c21-15(4-1-5-16(22)23)19-11-6-7-13-14(9-11)18(25)20(17(13)24)10-12-3-2-8-26-12/h6-7,9,12H,1-5,8,10H2,(H,19,21)(H,22,23). The third-order valence-corrected chi connectivity index (χ3v) is 4.46. The van der Waals surface area contributed by atoms with Gasteiger partial charge in [0.25, 0.3) is 11.8 Å². The summed E-state index contributed by atoms with van der Waals surface area (Å²) in [4.78, 5) is 48.5. The van der Waals surface area contributed by atoms with Crippen LogP contribution in [0, 0.1) is 0 Å². The van der Waals surface area contributed by atoms with Crippen molar-refractivity contribution in [2.75, 3.05) is 18.5 Å². The highest BCUT2D eigenvalue weighted by Gasteiger charge is 2.37. The van der Waals surface area contributed by atoms with Gasteiger partial charge < -0.3 is 15.2 Å². The molecule has 3 amide bonds. The van der Waals surface area contributed by atoms with Crippen molar-refractivity contribution in [3.05, 3.63) is 29.3 Å². The minimum absolute atomic E-state index is 0.0708. The molecule has 2 aliphatic heterocycles. The molecule has 3 rings (SSSR count). The van der Waals surface area contributed by atoms with Gasteiger partial charge in [-0.1, -0.05) is 0 Å². The average molecular weight is 360 g/mol. The van der Waals surface area contributed by atoms with Crippen LogP contribution >= 0.6 is 0 Å². The molecule has 1 fully saturated rings. The Balaban J connectivity index is 1.65. The molecule has 1 aromatic carbocycles. The number of fused-ring (bicyclic) bond motifs is 1. The van der Waals surface area contributed by atoms with Gasteiger partial charge in [0.1, 0.15) is 0 Å². The predicted molar refractivity (Wildman–Crippen MR) is 90.9 cm³/mol. The highest BCUT2D eigenvalue weighted by molar-refractivity contribution is 6.21. The van der Waals surface area contributed by atoms with Crippen molar-refractivity contribution >= 4 is 29.4 Å². The van der Waals surface area contributed by atoms with E-state index in [1.807, 2.05) is 0 Å². The summed E-state index contributed by atoms with van der Waals surface area (Å²) in [5.41, 5.74) is 0.984. The van der Waals surface area contributed by atoms with Gasteiger partial charge in [0.2, 0.25) is 5.91 Å². The van der Waals surface area contributed by atoms with Crippen LogP contribution in [0.3, 0.4) is 0 Å². The first kappa shape index (κ1) is 18.1. The molecule has 2 heterocycles. The number of carbonyl (C=O) groups is 4. The predicted octanol–water partition coefficient (Wildman–Crippen LogP) is 1.66.